The summed E-state index contributed by atoms with van der Waals surface area (Å²) in [6, 6.07) is 15.8. The Balaban J connectivity index is 1.45. The molecule has 0 fully saturated rings. The molecule has 23 heavy (non-hydrogen) atoms. The van der Waals surface area contributed by atoms with Gasteiger partial charge in [0, 0.05) is 29.0 Å². The number of halogens is 2. The largest absolute Gasteiger partial charge is 0.352 e. The van der Waals surface area contributed by atoms with Gasteiger partial charge in [0.25, 0.3) is 0 Å². The van der Waals surface area contributed by atoms with E-state index in [-0.39, 0.29) is 0 Å². The molecule has 0 aliphatic carbocycles. The SMILES string of the molecule is Clc1ccc(Cl)c(CN2C=CN(OCCc3ccccc3)C2)c1. The minimum Gasteiger partial charge on any atom is -0.352 e. The van der Waals surface area contributed by atoms with Crippen LogP contribution >= 0.6 is 23.2 Å². The van der Waals surface area contributed by atoms with Gasteiger partial charge in [0.2, 0.25) is 0 Å². The average Bonchev–Trinajstić information content (AvgIpc) is 2.99. The normalized spacial score (nSPS) is 13.8. The Morgan fingerprint density at radius 2 is 1.83 bits per heavy atom. The molecular weight excluding hydrogens is 331 g/mol. The summed E-state index contributed by atoms with van der Waals surface area (Å²) < 4.78 is 0. The monoisotopic (exact) mass is 348 g/mol. The van der Waals surface area contributed by atoms with E-state index in [0.717, 1.165) is 17.0 Å². The molecule has 0 aromatic heterocycles. The lowest BCUT2D eigenvalue weighted by atomic mass is 10.2. The van der Waals surface area contributed by atoms with Gasteiger partial charge in [-0.15, -0.1) is 0 Å². The van der Waals surface area contributed by atoms with Gasteiger partial charge in [-0.2, -0.15) is 0 Å². The molecule has 0 unspecified atom stereocenters. The molecule has 3 nitrogen and oxygen atoms in total. The molecule has 0 N–H and O–H groups in total. The third-order valence-corrected chi connectivity index (χ3v) is 4.24. The summed E-state index contributed by atoms with van der Waals surface area (Å²) in [5, 5.41) is 3.26. The van der Waals surface area contributed by atoms with Crippen LogP contribution in [0.3, 0.4) is 0 Å². The molecule has 0 atom stereocenters. The standard InChI is InChI=1S/C18H18Cl2N2O/c19-17-6-7-18(20)16(12-17)13-21-9-10-22(14-21)23-11-8-15-4-2-1-3-5-15/h1-7,9-10,12H,8,11,13-14H2. The summed E-state index contributed by atoms with van der Waals surface area (Å²) in [7, 11) is 0. The molecule has 1 aliphatic rings. The summed E-state index contributed by atoms with van der Waals surface area (Å²) in [6.07, 6.45) is 4.83. The molecule has 0 saturated carbocycles. The van der Waals surface area contributed by atoms with Crippen molar-refractivity contribution in [1.29, 1.82) is 0 Å². The smallest absolute Gasteiger partial charge is 0.116 e. The van der Waals surface area contributed by atoms with Crippen LogP contribution in [0.2, 0.25) is 10.0 Å². The molecule has 0 radical (unpaired) electrons. The third kappa shape index (κ3) is 4.64. The highest BCUT2D eigenvalue weighted by molar-refractivity contribution is 6.33. The Hall–Kier alpha value is -1.68. The fourth-order valence-corrected chi connectivity index (χ4v) is 2.81. The quantitative estimate of drug-likeness (QED) is 0.751. The Labute approximate surface area is 146 Å². The zero-order chi connectivity index (χ0) is 16.1. The lowest BCUT2D eigenvalue weighted by molar-refractivity contribution is -0.128. The van der Waals surface area contributed by atoms with Crippen molar-refractivity contribution >= 4 is 23.2 Å². The van der Waals surface area contributed by atoms with Gasteiger partial charge in [-0.05, 0) is 35.7 Å². The van der Waals surface area contributed by atoms with Crippen LogP contribution in [-0.4, -0.2) is 23.2 Å². The third-order valence-electron chi connectivity index (χ3n) is 3.64. The van der Waals surface area contributed by atoms with Crippen molar-refractivity contribution in [3.05, 3.63) is 82.1 Å². The Morgan fingerprint density at radius 1 is 1.00 bits per heavy atom. The molecule has 1 heterocycles. The van der Waals surface area contributed by atoms with Gasteiger partial charge in [0.15, 0.2) is 0 Å². The minimum absolute atomic E-state index is 0.653. The van der Waals surface area contributed by atoms with Crippen LogP contribution in [-0.2, 0) is 17.8 Å². The average molecular weight is 349 g/mol. The van der Waals surface area contributed by atoms with Crippen molar-refractivity contribution in [2.75, 3.05) is 13.3 Å². The zero-order valence-corrected chi connectivity index (χ0v) is 14.2. The minimum atomic E-state index is 0.653. The lowest BCUT2D eigenvalue weighted by Crippen LogP contribution is -2.26. The van der Waals surface area contributed by atoms with Crippen LogP contribution in [0.25, 0.3) is 0 Å². The van der Waals surface area contributed by atoms with Gasteiger partial charge in [0.1, 0.15) is 6.67 Å². The van der Waals surface area contributed by atoms with E-state index in [1.54, 1.807) is 6.07 Å². The predicted octanol–water partition coefficient (Wildman–Crippen LogP) is 4.71. The van der Waals surface area contributed by atoms with Crippen LogP contribution in [0.15, 0.2) is 60.9 Å². The Bertz CT molecular complexity index is 676. The van der Waals surface area contributed by atoms with Gasteiger partial charge >= 0.3 is 0 Å². The Morgan fingerprint density at radius 3 is 2.65 bits per heavy atom. The summed E-state index contributed by atoms with van der Waals surface area (Å²) in [5.74, 6) is 0. The van der Waals surface area contributed by atoms with Crippen LogP contribution in [0.1, 0.15) is 11.1 Å². The van der Waals surface area contributed by atoms with E-state index in [0.29, 0.717) is 24.8 Å². The Kier molecular flexibility index (Phi) is 5.44. The lowest BCUT2D eigenvalue weighted by Gasteiger charge is -2.21. The summed E-state index contributed by atoms with van der Waals surface area (Å²) in [4.78, 5) is 7.90. The van der Waals surface area contributed by atoms with Gasteiger partial charge in [-0.3, -0.25) is 4.84 Å². The van der Waals surface area contributed by atoms with E-state index in [9.17, 15) is 0 Å². The number of hydroxylamine groups is 2. The first kappa shape index (κ1) is 16.2. The first-order valence-corrected chi connectivity index (χ1v) is 8.26. The first-order valence-electron chi connectivity index (χ1n) is 7.50. The van der Waals surface area contributed by atoms with Gasteiger partial charge < -0.3 is 4.90 Å². The van der Waals surface area contributed by atoms with Crippen molar-refractivity contribution < 1.29 is 4.84 Å². The summed E-state index contributed by atoms with van der Waals surface area (Å²) in [5.41, 5.74) is 2.29. The van der Waals surface area contributed by atoms with Crippen molar-refractivity contribution in [2.24, 2.45) is 0 Å². The summed E-state index contributed by atoms with van der Waals surface area (Å²) >= 11 is 12.2. The van der Waals surface area contributed by atoms with E-state index in [4.69, 9.17) is 28.0 Å². The van der Waals surface area contributed by atoms with E-state index in [1.165, 1.54) is 5.56 Å². The van der Waals surface area contributed by atoms with E-state index < -0.39 is 0 Å². The molecule has 3 rings (SSSR count). The second-order valence-corrected chi connectivity index (χ2v) is 6.25. The molecule has 5 heteroatoms. The predicted molar refractivity (Wildman–Crippen MR) is 93.9 cm³/mol. The van der Waals surface area contributed by atoms with Crippen LogP contribution in [0.5, 0.6) is 0 Å². The van der Waals surface area contributed by atoms with Crippen molar-refractivity contribution in [3.8, 4) is 0 Å². The fourth-order valence-electron chi connectivity index (χ4n) is 2.44. The van der Waals surface area contributed by atoms with Crippen LogP contribution in [0.4, 0.5) is 0 Å². The van der Waals surface area contributed by atoms with E-state index in [1.807, 2.05) is 47.8 Å². The highest BCUT2D eigenvalue weighted by Gasteiger charge is 2.14. The van der Waals surface area contributed by atoms with E-state index >= 15 is 0 Å². The molecule has 1 aliphatic heterocycles. The van der Waals surface area contributed by atoms with Crippen molar-refractivity contribution in [2.45, 2.75) is 13.0 Å². The van der Waals surface area contributed by atoms with E-state index in [2.05, 4.69) is 17.0 Å². The maximum absolute atomic E-state index is 6.21. The molecular formula is C18H18Cl2N2O. The van der Waals surface area contributed by atoms with Crippen molar-refractivity contribution in [3.63, 3.8) is 0 Å². The number of nitrogens with zero attached hydrogens (tertiary/aromatic N) is 2. The fraction of sp³-hybridized carbons (Fsp3) is 0.222. The maximum Gasteiger partial charge on any atom is 0.116 e. The first-order chi connectivity index (χ1) is 11.2. The number of rotatable bonds is 6. The summed E-state index contributed by atoms with van der Waals surface area (Å²) in [6.45, 7) is 2.03. The molecule has 120 valence electrons. The molecule has 0 spiro atoms. The zero-order valence-electron chi connectivity index (χ0n) is 12.7. The highest BCUT2D eigenvalue weighted by atomic mass is 35.5. The van der Waals surface area contributed by atoms with Gasteiger partial charge in [-0.25, -0.2) is 5.06 Å². The topological polar surface area (TPSA) is 15.7 Å². The van der Waals surface area contributed by atoms with Gasteiger partial charge in [-0.1, -0.05) is 53.5 Å². The van der Waals surface area contributed by atoms with Gasteiger partial charge in [0.05, 0.1) is 6.61 Å². The maximum atomic E-state index is 6.21. The number of benzene rings is 2. The molecule has 2 aromatic carbocycles. The van der Waals surface area contributed by atoms with Crippen LogP contribution in [0, 0.1) is 0 Å². The number of hydrogen-bond acceptors (Lipinski definition) is 3. The number of hydrogen-bond donors (Lipinski definition) is 0. The molecule has 0 bridgehead atoms. The second kappa shape index (κ2) is 7.73. The van der Waals surface area contributed by atoms with Crippen LogP contribution < -0.4 is 0 Å². The highest BCUT2D eigenvalue weighted by Crippen LogP contribution is 2.23. The molecule has 0 saturated heterocycles. The van der Waals surface area contributed by atoms with Crippen molar-refractivity contribution in [1.82, 2.24) is 9.96 Å². The second-order valence-electron chi connectivity index (χ2n) is 5.41. The molecule has 0 amide bonds. The molecule has 2 aromatic rings.